The van der Waals surface area contributed by atoms with E-state index in [1.807, 2.05) is 0 Å². The molecule has 0 saturated carbocycles. The monoisotopic (exact) mass is 316 g/mol. The van der Waals surface area contributed by atoms with Crippen LogP contribution in [-0.2, 0) is 6.18 Å². The van der Waals surface area contributed by atoms with Crippen molar-refractivity contribution >= 4 is 11.0 Å². The van der Waals surface area contributed by atoms with Crippen LogP contribution in [-0.4, -0.2) is 9.97 Å². The minimum atomic E-state index is -4.86. The quantitative estimate of drug-likeness (QED) is 0.650. The Morgan fingerprint density at radius 3 is 2.23 bits per heavy atom. The fourth-order valence-corrected chi connectivity index (χ4v) is 2.03. The molecule has 0 aliphatic heterocycles. The summed E-state index contributed by atoms with van der Waals surface area (Å²) >= 11 is 0. The molecular weight excluding hydrogens is 310 g/mol. The van der Waals surface area contributed by atoms with Gasteiger partial charge in [-0.3, -0.25) is 0 Å². The SMILES string of the molecule is Fc1cc2nc(-c3ccc(F)c(C(F)(F)F)c3)[nH]c2cc1F. The van der Waals surface area contributed by atoms with Gasteiger partial charge in [-0.05, 0) is 18.2 Å². The third-order valence-electron chi connectivity index (χ3n) is 3.07. The van der Waals surface area contributed by atoms with Gasteiger partial charge in [-0.15, -0.1) is 0 Å². The molecule has 0 bridgehead atoms. The summed E-state index contributed by atoms with van der Waals surface area (Å²) in [4.78, 5) is 6.46. The molecule has 0 fully saturated rings. The maximum Gasteiger partial charge on any atom is 0.419 e. The van der Waals surface area contributed by atoms with E-state index in [0.29, 0.717) is 12.1 Å². The standard InChI is InChI=1S/C14H6F6N2/c15-8-2-1-6(3-7(8)14(18,19)20)13-21-11-4-9(16)10(17)5-12(11)22-13/h1-5H,(H,21,22). The number of benzene rings is 2. The van der Waals surface area contributed by atoms with Gasteiger partial charge in [-0.25, -0.2) is 18.2 Å². The van der Waals surface area contributed by atoms with E-state index in [-0.39, 0.29) is 22.4 Å². The predicted octanol–water partition coefficient (Wildman–Crippen LogP) is 4.67. The van der Waals surface area contributed by atoms with Crippen molar-refractivity contribution in [2.45, 2.75) is 6.18 Å². The molecule has 0 aliphatic rings. The van der Waals surface area contributed by atoms with Crippen molar-refractivity contribution in [1.29, 1.82) is 0 Å². The summed E-state index contributed by atoms with van der Waals surface area (Å²) in [5, 5.41) is 0. The minimum Gasteiger partial charge on any atom is -0.338 e. The van der Waals surface area contributed by atoms with Gasteiger partial charge in [0, 0.05) is 17.7 Å². The molecule has 0 amide bonds. The number of hydrogen-bond acceptors (Lipinski definition) is 1. The first kappa shape index (κ1) is 14.4. The summed E-state index contributed by atoms with van der Waals surface area (Å²) in [7, 11) is 0. The second-order valence-electron chi connectivity index (χ2n) is 4.56. The number of fused-ring (bicyclic) bond motifs is 1. The molecule has 1 heterocycles. The molecule has 0 saturated heterocycles. The second-order valence-corrected chi connectivity index (χ2v) is 4.56. The topological polar surface area (TPSA) is 28.7 Å². The number of nitrogens with one attached hydrogen (secondary N) is 1. The fraction of sp³-hybridized carbons (Fsp3) is 0.0714. The third kappa shape index (κ3) is 2.40. The van der Waals surface area contributed by atoms with E-state index in [1.54, 1.807) is 0 Å². The van der Waals surface area contributed by atoms with Crippen LogP contribution in [0.15, 0.2) is 30.3 Å². The number of hydrogen-bond donors (Lipinski definition) is 1. The predicted molar refractivity (Wildman–Crippen MR) is 66.4 cm³/mol. The van der Waals surface area contributed by atoms with E-state index in [4.69, 9.17) is 0 Å². The van der Waals surface area contributed by atoms with Gasteiger partial charge in [0.25, 0.3) is 0 Å². The van der Waals surface area contributed by atoms with Crippen molar-refractivity contribution < 1.29 is 26.3 Å². The molecular formula is C14H6F6N2. The van der Waals surface area contributed by atoms with Crippen LogP contribution in [0.1, 0.15) is 5.56 Å². The van der Waals surface area contributed by atoms with Crippen LogP contribution in [0, 0.1) is 17.5 Å². The van der Waals surface area contributed by atoms with Gasteiger partial charge in [0.1, 0.15) is 11.6 Å². The number of aromatic nitrogens is 2. The Morgan fingerprint density at radius 2 is 1.55 bits per heavy atom. The Hall–Kier alpha value is -2.51. The molecule has 2 aromatic carbocycles. The first-order valence-electron chi connectivity index (χ1n) is 5.97. The highest BCUT2D eigenvalue weighted by molar-refractivity contribution is 5.79. The van der Waals surface area contributed by atoms with Gasteiger partial charge in [-0.1, -0.05) is 0 Å². The molecule has 22 heavy (non-hydrogen) atoms. The van der Waals surface area contributed by atoms with E-state index in [2.05, 4.69) is 9.97 Å². The lowest BCUT2D eigenvalue weighted by Gasteiger charge is -2.08. The van der Waals surface area contributed by atoms with E-state index in [9.17, 15) is 26.3 Å². The molecule has 0 unspecified atom stereocenters. The number of H-pyrrole nitrogens is 1. The van der Waals surface area contributed by atoms with Crippen LogP contribution in [0.4, 0.5) is 26.3 Å². The average molecular weight is 316 g/mol. The molecule has 0 radical (unpaired) electrons. The molecule has 3 rings (SSSR count). The highest BCUT2D eigenvalue weighted by atomic mass is 19.4. The number of imidazole rings is 1. The summed E-state index contributed by atoms with van der Waals surface area (Å²) in [6.07, 6.45) is -4.86. The molecule has 0 spiro atoms. The largest absolute Gasteiger partial charge is 0.419 e. The summed E-state index contributed by atoms with van der Waals surface area (Å²) in [6.45, 7) is 0. The Kier molecular flexibility index (Phi) is 3.12. The Balaban J connectivity index is 2.15. The number of aromatic amines is 1. The maximum atomic E-state index is 13.2. The van der Waals surface area contributed by atoms with Crippen molar-refractivity contribution in [3.63, 3.8) is 0 Å². The Labute approximate surface area is 119 Å². The molecule has 0 aliphatic carbocycles. The van der Waals surface area contributed by atoms with Crippen LogP contribution < -0.4 is 0 Å². The van der Waals surface area contributed by atoms with Crippen molar-refractivity contribution in [1.82, 2.24) is 9.97 Å². The lowest BCUT2D eigenvalue weighted by Crippen LogP contribution is -2.08. The van der Waals surface area contributed by atoms with E-state index in [1.165, 1.54) is 0 Å². The highest BCUT2D eigenvalue weighted by Crippen LogP contribution is 2.34. The lowest BCUT2D eigenvalue weighted by atomic mass is 10.1. The van der Waals surface area contributed by atoms with Crippen molar-refractivity contribution in [3.05, 3.63) is 53.3 Å². The summed E-state index contributed by atoms with van der Waals surface area (Å²) < 4.78 is 77.5. The molecule has 3 aromatic rings. The molecule has 1 N–H and O–H groups in total. The van der Waals surface area contributed by atoms with Crippen molar-refractivity contribution in [2.75, 3.05) is 0 Å². The smallest absolute Gasteiger partial charge is 0.338 e. The normalized spacial score (nSPS) is 12.1. The van der Waals surface area contributed by atoms with Gasteiger partial charge in [0.05, 0.1) is 16.6 Å². The van der Waals surface area contributed by atoms with E-state index in [0.717, 1.165) is 18.2 Å². The van der Waals surface area contributed by atoms with Crippen LogP contribution in [0.3, 0.4) is 0 Å². The summed E-state index contributed by atoms with van der Waals surface area (Å²) in [5.74, 6) is -3.70. The molecule has 0 atom stereocenters. The number of nitrogens with zero attached hydrogens (tertiary/aromatic N) is 1. The van der Waals surface area contributed by atoms with Gasteiger partial charge in [0.15, 0.2) is 11.6 Å². The Morgan fingerprint density at radius 1 is 0.864 bits per heavy atom. The molecule has 1 aromatic heterocycles. The molecule has 2 nitrogen and oxygen atoms in total. The lowest BCUT2D eigenvalue weighted by molar-refractivity contribution is -0.139. The third-order valence-corrected chi connectivity index (χ3v) is 3.07. The number of halogens is 6. The second kappa shape index (κ2) is 4.75. The van der Waals surface area contributed by atoms with Gasteiger partial charge in [0.2, 0.25) is 0 Å². The van der Waals surface area contributed by atoms with Crippen LogP contribution in [0.5, 0.6) is 0 Å². The zero-order valence-electron chi connectivity index (χ0n) is 10.6. The minimum absolute atomic E-state index is 0.0479. The van der Waals surface area contributed by atoms with Crippen LogP contribution in [0.2, 0.25) is 0 Å². The maximum absolute atomic E-state index is 13.2. The number of alkyl halides is 3. The first-order valence-corrected chi connectivity index (χ1v) is 5.97. The molecule has 114 valence electrons. The molecule has 8 heteroatoms. The highest BCUT2D eigenvalue weighted by Gasteiger charge is 2.34. The zero-order chi connectivity index (χ0) is 16.1. The van der Waals surface area contributed by atoms with E-state index >= 15 is 0 Å². The van der Waals surface area contributed by atoms with Crippen molar-refractivity contribution in [3.8, 4) is 11.4 Å². The Bertz CT molecular complexity index is 827. The summed E-state index contributed by atoms with van der Waals surface area (Å²) in [5.41, 5.74) is -1.33. The van der Waals surface area contributed by atoms with Crippen LogP contribution >= 0.6 is 0 Å². The summed E-state index contributed by atoms with van der Waals surface area (Å²) in [6, 6.07) is 4.00. The zero-order valence-corrected chi connectivity index (χ0v) is 10.6. The van der Waals surface area contributed by atoms with Gasteiger partial charge < -0.3 is 4.98 Å². The first-order chi connectivity index (χ1) is 10.3. The van der Waals surface area contributed by atoms with Gasteiger partial charge >= 0.3 is 6.18 Å². The van der Waals surface area contributed by atoms with Crippen LogP contribution in [0.25, 0.3) is 22.4 Å². The fourth-order valence-electron chi connectivity index (χ4n) is 2.03. The van der Waals surface area contributed by atoms with Crippen molar-refractivity contribution in [2.24, 2.45) is 0 Å². The van der Waals surface area contributed by atoms with E-state index < -0.39 is 29.2 Å². The average Bonchev–Trinajstić information content (AvgIpc) is 2.81. The number of rotatable bonds is 1. The van der Waals surface area contributed by atoms with Gasteiger partial charge in [-0.2, -0.15) is 13.2 Å².